The van der Waals surface area contributed by atoms with Crippen molar-refractivity contribution in [2.45, 2.75) is 71.3 Å². The maximum absolute atomic E-state index is 15.7. The van der Waals surface area contributed by atoms with Gasteiger partial charge in [-0.15, -0.1) is 0 Å². The van der Waals surface area contributed by atoms with E-state index in [2.05, 4.69) is 65.5 Å². The summed E-state index contributed by atoms with van der Waals surface area (Å²) >= 11 is 0. The van der Waals surface area contributed by atoms with Crippen molar-refractivity contribution in [3.63, 3.8) is 0 Å². The lowest BCUT2D eigenvalue weighted by molar-refractivity contribution is -0.765. The second-order valence-corrected chi connectivity index (χ2v) is 9.80. The summed E-state index contributed by atoms with van der Waals surface area (Å²) in [4.78, 5) is 0. The smallest absolute Gasteiger partial charge is 0.222 e. The van der Waals surface area contributed by atoms with Crippen LogP contribution >= 0.6 is 0 Å². The second-order valence-electron chi connectivity index (χ2n) is 9.80. The molecule has 1 aliphatic heterocycles. The molecule has 0 radical (unpaired) electrons. The molecular weight excluding hydrogens is 392 g/mol. The van der Waals surface area contributed by atoms with Crippen LogP contribution in [0.1, 0.15) is 71.4 Å². The molecule has 2 aromatic rings. The van der Waals surface area contributed by atoms with E-state index in [1.54, 1.807) is 6.07 Å². The predicted octanol–water partition coefficient (Wildman–Crippen LogP) is 5.96. The van der Waals surface area contributed by atoms with E-state index in [0.29, 0.717) is 15.6 Å². The maximum atomic E-state index is 15.7. The zero-order valence-corrected chi connectivity index (χ0v) is 19.9. The van der Waals surface area contributed by atoms with E-state index in [-0.39, 0.29) is 5.54 Å². The molecule has 2 atom stereocenters. The number of rotatable bonds is 6. The summed E-state index contributed by atoms with van der Waals surface area (Å²) in [6, 6.07) is 7.31. The lowest BCUT2D eigenvalue weighted by atomic mass is 9.60. The Hall–Kier alpha value is -2.32. The first-order chi connectivity index (χ1) is 14.5. The van der Waals surface area contributed by atoms with Crippen LogP contribution in [0.2, 0.25) is 0 Å². The first-order valence-corrected chi connectivity index (χ1v) is 11.3. The zero-order valence-electron chi connectivity index (χ0n) is 19.9. The van der Waals surface area contributed by atoms with Crippen LogP contribution in [-0.2, 0) is 11.0 Å². The lowest BCUT2D eigenvalue weighted by Crippen LogP contribution is -2.67. The van der Waals surface area contributed by atoms with E-state index >= 15 is 4.39 Å². The number of benzene rings is 1. The normalized spacial score (nSPS) is 22.6. The topological polar surface area (TPSA) is 27.7 Å². The molecule has 0 N–H and O–H groups in total. The third-order valence-corrected chi connectivity index (χ3v) is 8.00. The van der Waals surface area contributed by atoms with Crippen molar-refractivity contribution < 1.29 is 13.3 Å². The lowest BCUT2D eigenvalue weighted by Gasteiger charge is -2.46. The van der Waals surface area contributed by atoms with Crippen molar-refractivity contribution in [1.82, 2.24) is 4.48 Å². The molecule has 0 amide bonds. The van der Waals surface area contributed by atoms with Crippen LogP contribution < -0.4 is 9.05 Å². The van der Waals surface area contributed by atoms with Crippen molar-refractivity contribution in [1.29, 1.82) is 5.26 Å². The number of hydrogen-bond acceptors (Lipinski definition) is 1. The maximum Gasteiger partial charge on any atom is 0.222 e. The van der Waals surface area contributed by atoms with Gasteiger partial charge in [-0.05, 0) is 31.4 Å². The molecule has 2 unspecified atom stereocenters. The third kappa shape index (κ3) is 3.27. The van der Waals surface area contributed by atoms with Crippen LogP contribution in [0.5, 0.6) is 0 Å². The van der Waals surface area contributed by atoms with Crippen LogP contribution in [-0.4, -0.2) is 20.6 Å². The molecule has 0 saturated carbocycles. The minimum Gasteiger partial charge on any atom is -0.296 e. The van der Waals surface area contributed by atoms with Gasteiger partial charge in [0.25, 0.3) is 0 Å². The number of nitrogens with zero attached hydrogens (tertiary/aromatic N) is 3. The average molecular weight is 428 g/mol. The number of quaternary nitrogens is 1. The zero-order chi connectivity index (χ0) is 23.2. The first kappa shape index (κ1) is 23.3. The standard InChI is InChI=1S/C26H35F2N3/c1-8-11-14-31(6,7)18-12-13-30-22(15-18)23-20(16-21(27)19(17-29)24(23)28)25(4,9-2)26(30,5)10-3/h12-13,15-16H,8-11,14H2,1-7H3/q+2. The van der Waals surface area contributed by atoms with Crippen LogP contribution in [0.25, 0.3) is 11.3 Å². The fourth-order valence-corrected chi connectivity index (χ4v) is 5.27. The van der Waals surface area contributed by atoms with E-state index in [1.165, 1.54) is 6.07 Å². The Balaban J connectivity index is 2.42. The molecule has 0 spiro atoms. The summed E-state index contributed by atoms with van der Waals surface area (Å²) < 4.78 is 33.3. The van der Waals surface area contributed by atoms with E-state index in [9.17, 15) is 9.65 Å². The minimum atomic E-state index is -0.777. The summed E-state index contributed by atoms with van der Waals surface area (Å²) in [6.07, 6.45) is 5.79. The molecular formula is C26H35F2N3+2. The third-order valence-electron chi connectivity index (χ3n) is 8.00. The van der Waals surface area contributed by atoms with Crippen LogP contribution in [0, 0.1) is 23.0 Å². The van der Waals surface area contributed by atoms with Gasteiger partial charge >= 0.3 is 0 Å². The van der Waals surface area contributed by atoms with Gasteiger partial charge in [-0.25, -0.2) is 8.78 Å². The molecule has 3 rings (SSSR count). The molecule has 2 heterocycles. The van der Waals surface area contributed by atoms with Gasteiger partial charge in [-0.1, -0.05) is 27.2 Å². The molecule has 1 aliphatic rings. The van der Waals surface area contributed by atoms with Gasteiger partial charge in [0.2, 0.25) is 5.69 Å². The average Bonchev–Trinajstić information content (AvgIpc) is 2.75. The molecule has 31 heavy (non-hydrogen) atoms. The molecule has 1 aromatic carbocycles. The number of pyridine rings is 1. The van der Waals surface area contributed by atoms with Gasteiger partial charge in [0.15, 0.2) is 17.6 Å². The molecule has 0 aliphatic carbocycles. The highest BCUT2D eigenvalue weighted by Crippen LogP contribution is 2.51. The molecule has 0 fully saturated rings. The van der Waals surface area contributed by atoms with Crippen LogP contribution in [0.4, 0.5) is 14.5 Å². The van der Waals surface area contributed by atoms with E-state index in [4.69, 9.17) is 0 Å². The van der Waals surface area contributed by atoms with Crippen LogP contribution in [0.15, 0.2) is 24.4 Å². The van der Waals surface area contributed by atoms with E-state index in [1.807, 2.05) is 6.07 Å². The number of nitriles is 1. The quantitative estimate of drug-likeness (QED) is 0.413. The Morgan fingerprint density at radius 1 is 1.10 bits per heavy atom. The molecule has 166 valence electrons. The molecule has 5 heteroatoms. The van der Waals surface area contributed by atoms with Gasteiger partial charge < -0.3 is 0 Å². The highest BCUT2D eigenvalue weighted by Gasteiger charge is 2.57. The largest absolute Gasteiger partial charge is 0.296 e. The molecule has 1 aromatic heterocycles. The second kappa shape index (κ2) is 7.98. The summed E-state index contributed by atoms with van der Waals surface area (Å²) in [5.41, 5.74) is 1.46. The van der Waals surface area contributed by atoms with Gasteiger partial charge in [0.05, 0.1) is 43.8 Å². The summed E-state index contributed by atoms with van der Waals surface area (Å²) in [5, 5.41) is 9.43. The van der Waals surface area contributed by atoms with Crippen molar-refractivity contribution in [3.05, 3.63) is 47.2 Å². The first-order valence-electron chi connectivity index (χ1n) is 11.3. The van der Waals surface area contributed by atoms with Crippen molar-refractivity contribution in [3.8, 4) is 17.3 Å². The summed E-state index contributed by atoms with van der Waals surface area (Å²) in [5.74, 6) is -1.53. The number of hydrogen-bond donors (Lipinski definition) is 0. The predicted molar refractivity (Wildman–Crippen MR) is 122 cm³/mol. The van der Waals surface area contributed by atoms with Gasteiger partial charge in [0, 0.05) is 13.3 Å². The fraction of sp³-hybridized carbons (Fsp3) is 0.538. The highest BCUT2D eigenvalue weighted by atomic mass is 19.1. The monoisotopic (exact) mass is 427 g/mol. The van der Waals surface area contributed by atoms with Gasteiger partial charge in [0.1, 0.15) is 23.1 Å². The Bertz CT molecular complexity index is 1050. The molecule has 3 nitrogen and oxygen atoms in total. The van der Waals surface area contributed by atoms with Crippen molar-refractivity contribution in [2.24, 2.45) is 0 Å². The summed E-state index contributed by atoms with van der Waals surface area (Å²) in [6.45, 7) is 11.6. The number of aromatic nitrogens is 1. The van der Waals surface area contributed by atoms with Crippen LogP contribution in [0.3, 0.4) is 0 Å². The Morgan fingerprint density at radius 3 is 2.32 bits per heavy atom. The number of fused-ring (bicyclic) bond motifs is 3. The Kier molecular flexibility index (Phi) is 6.01. The van der Waals surface area contributed by atoms with Crippen molar-refractivity contribution >= 4 is 5.69 Å². The SMILES string of the molecule is CCCC[N+](C)(C)c1cc[n+]2c(c1)-c1c(cc(F)c(C#N)c1F)C(C)(CC)C2(C)CC. The molecule has 0 bridgehead atoms. The number of unbranched alkanes of at least 4 members (excludes halogenated alkanes) is 1. The van der Waals surface area contributed by atoms with Gasteiger partial charge in [-0.3, -0.25) is 4.48 Å². The van der Waals surface area contributed by atoms with Gasteiger partial charge in [-0.2, -0.15) is 9.83 Å². The Morgan fingerprint density at radius 2 is 1.77 bits per heavy atom. The van der Waals surface area contributed by atoms with E-state index in [0.717, 1.165) is 43.6 Å². The minimum absolute atomic E-state index is 0.365. The number of halogens is 2. The highest BCUT2D eigenvalue weighted by molar-refractivity contribution is 5.71. The molecule has 0 saturated heterocycles. The Labute approximate surface area is 185 Å². The summed E-state index contributed by atoms with van der Waals surface area (Å²) in [7, 11) is 4.31. The fourth-order valence-electron chi connectivity index (χ4n) is 5.27. The van der Waals surface area contributed by atoms with Crippen molar-refractivity contribution in [2.75, 3.05) is 20.6 Å². The van der Waals surface area contributed by atoms with E-state index < -0.39 is 22.6 Å².